The molecular weight excluding hydrogens is 298 g/mol. The molecule has 0 fully saturated rings. The number of halogens is 1. The largest absolute Gasteiger partial charge is 0.496 e. The van der Waals surface area contributed by atoms with E-state index in [0.717, 1.165) is 10.9 Å². The van der Waals surface area contributed by atoms with Crippen molar-refractivity contribution in [2.75, 3.05) is 34.4 Å². The van der Waals surface area contributed by atoms with Gasteiger partial charge in [-0.05, 0) is 40.5 Å². The van der Waals surface area contributed by atoms with Gasteiger partial charge >= 0.3 is 0 Å². The topological polar surface area (TPSA) is 38.8 Å². The van der Waals surface area contributed by atoms with E-state index in [1.807, 2.05) is 0 Å². The number of methoxy groups -OCH3 is 2. The van der Waals surface area contributed by atoms with Crippen LogP contribution in [0.15, 0.2) is 22.7 Å². The van der Waals surface area contributed by atoms with Gasteiger partial charge in [0, 0.05) is 32.9 Å². The lowest BCUT2D eigenvalue weighted by molar-refractivity contribution is 0.0779. The van der Waals surface area contributed by atoms with Crippen LogP contribution in [-0.2, 0) is 4.74 Å². The van der Waals surface area contributed by atoms with Crippen molar-refractivity contribution in [1.82, 2.24) is 4.90 Å². The summed E-state index contributed by atoms with van der Waals surface area (Å²) in [5, 5.41) is 0. The van der Waals surface area contributed by atoms with Gasteiger partial charge in [-0.1, -0.05) is 0 Å². The molecule has 4 nitrogen and oxygen atoms in total. The molecule has 1 amide bonds. The Morgan fingerprint density at radius 1 is 1.39 bits per heavy atom. The summed E-state index contributed by atoms with van der Waals surface area (Å²) in [4.78, 5) is 13.8. The summed E-state index contributed by atoms with van der Waals surface area (Å²) in [6, 6.07) is 5.31. The van der Waals surface area contributed by atoms with E-state index in [2.05, 4.69) is 15.9 Å². The second kappa shape index (κ2) is 7.38. The molecule has 0 aliphatic carbocycles. The second-order valence-electron chi connectivity index (χ2n) is 3.92. The average molecular weight is 316 g/mol. The summed E-state index contributed by atoms with van der Waals surface area (Å²) in [6.45, 7) is 1.33. The van der Waals surface area contributed by atoms with Gasteiger partial charge < -0.3 is 14.4 Å². The highest BCUT2D eigenvalue weighted by atomic mass is 79.9. The third kappa shape index (κ3) is 3.99. The van der Waals surface area contributed by atoms with Gasteiger partial charge in [-0.2, -0.15) is 0 Å². The fourth-order valence-corrected chi connectivity index (χ4v) is 2.11. The van der Waals surface area contributed by atoms with E-state index in [1.54, 1.807) is 44.4 Å². The van der Waals surface area contributed by atoms with E-state index >= 15 is 0 Å². The van der Waals surface area contributed by atoms with Crippen molar-refractivity contribution in [2.24, 2.45) is 0 Å². The molecule has 0 aliphatic heterocycles. The van der Waals surface area contributed by atoms with Crippen LogP contribution in [0, 0.1) is 0 Å². The van der Waals surface area contributed by atoms with Crippen molar-refractivity contribution in [3.8, 4) is 5.75 Å². The molecule has 1 rings (SSSR count). The summed E-state index contributed by atoms with van der Waals surface area (Å²) >= 11 is 3.37. The molecular formula is C13H18BrNO3. The zero-order valence-corrected chi connectivity index (χ0v) is 12.5. The highest BCUT2D eigenvalue weighted by Gasteiger charge is 2.13. The van der Waals surface area contributed by atoms with Crippen LogP contribution >= 0.6 is 15.9 Å². The Balaban J connectivity index is 2.68. The third-order valence-corrected chi connectivity index (χ3v) is 3.21. The molecule has 1 aromatic rings. The lowest BCUT2D eigenvalue weighted by atomic mass is 10.2. The molecule has 5 heteroatoms. The van der Waals surface area contributed by atoms with Crippen molar-refractivity contribution >= 4 is 21.8 Å². The molecule has 0 saturated carbocycles. The van der Waals surface area contributed by atoms with Crippen LogP contribution in [0.5, 0.6) is 5.75 Å². The summed E-state index contributed by atoms with van der Waals surface area (Å²) in [5.74, 6) is 0.711. The van der Waals surface area contributed by atoms with Crippen LogP contribution in [0.3, 0.4) is 0 Å². The zero-order valence-electron chi connectivity index (χ0n) is 10.9. The van der Waals surface area contributed by atoms with Gasteiger partial charge in [-0.15, -0.1) is 0 Å². The summed E-state index contributed by atoms with van der Waals surface area (Å²) in [5.41, 5.74) is 0.641. The van der Waals surface area contributed by atoms with Gasteiger partial charge in [0.05, 0.1) is 11.6 Å². The fourth-order valence-electron chi connectivity index (χ4n) is 1.57. The molecule has 18 heavy (non-hydrogen) atoms. The monoisotopic (exact) mass is 315 g/mol. The zero-order chi connectivity index (χ0) is 13.5. The summed E-state index contributed by atoms with van der Waals surface area (Å²) in [7, 11) is 5.04. The SMILES string of the molecule is COCCCN(C)C(=O)c1ccc(OC)c(Br)c1. The third-order valence-electron chi connectivity index (χ3n) is 2.59. The van der Waals surface area contributed by atoms with E-state index < -0.39 is 0 Å². The number of rotatable bonds is 6. The molecule has 0 radical (unpaired) electrons. The van der Waals surface area contributed by atoms with E-state index in [-0.39, 0.29) is 5.91 Å². The maximum absolute atomic E-state index is 12.1. The summed E-state index contributed by atoms with van der Waals surface area (Å²) in [6.07, 6.45) is 0.829. The Labute approximate surface area is 116 Å². The number of carbonyl (C=O) groups is 1. The first-order valence-electron chi connectivity index (χ1n) is 5.68. The number of ether oxygens (including phenoxy) is 2. The smallest absolute Gasteiger partial charge is 0.253 e. The Kier molecular flexibility index (Phi) is 6.15. The minimum absolute atomic E-state index is 0.00513. The number of hydrogen-bond donors (Lipinski definition) is 0. The first kappa shape index (κ1) is 15.0. The van der Waals surface area contributed by atoms with Crippen molar-refractivity contribution in [3.63, 3.8) is 0 Å². The quantitative estimate of drug-likeness (QED) is 0.757. The maximum atomic E-state index is 12.1. The molecule has 0 aliphatic rings. The molecule has 0 bridgehead atoms. The fraction of sp³-hybridized carbons (Fsp3) is 0.462. The highest BCUT2D eigenvalue weighted by molar-refractivity contribution is 9.10. The second-order valence-corrected chi connectivity index (χ2v) is 4.78. The molecule has 0 heterocycles. The summed E-state index contributed by atoms with van der Waals surface area (Å²) < 4.78 is 10.9. The normalized spacial score (nSPS) is 10.2. The minimum Gasteiger partial charge on any atom is -0.496 e. The van der Waals surface area contributed by atoms with Gasteiger partial charge in [0.25, 0.3) is 5.91 Å². The van der Waals surface area contributed by atoms with Crippen molar-refractivity contribution in [3.05, 3.63) is 28.2 Å². The van der Waals surface area contributed by atoms with Gasteiger partial charge in [0.1, 0.15) is 5.75 Å². The maximum Gasteiger partial charge on any atom is 0.253 e. The number of carbonyl (C=O) groups excluding carboxylic acids is 1. The molecule has 0 N–H and O–H groups in total. The Morgan fingerprint density at radius 2 is 2.11 bits per heavy atom. The van der Waals surface area contributed by atoms with Crippen molar-refractivity contribution in [1.29, 1.82) is 0 Å². The Morgan fingerprint density at radius 3 is 2.67 bits per heavy atom. The van der Waals surface area contributed by atoms with Gasteiger partial charge in [0.2, 0.25) is 0 Å². The first-order valence-corrected chi connectivity index (χ1v) is 6.47. The van der Waals surface area contributed by atoms with E-state index in [4.69, 9.17) is 9.47 Å². The Hall–Kier alpha value is -1.07. The first-order chi connectivity index (χ1) is 8.60. The molecule has 0 saturated heterocycles. The van der Waals surface area contributed by atoms with Crippen LogP contribution in [0.1, 0.15) is 16.8 Å². The van der Waals surface area contributed by atoms with Crippen LogP contribution in [0.4, 0.5) is 0 Å². The van der Waals surface area contributed by atoms with E-state index in [1.165, 1.54) is 0 Å². The molecule has 1 aromatic carbocycles. The molecule has 0 aromatic heterocycles. The molecule has 100 valence electrons. The molecule has 0 spiro atoms. The molecule has 0 unspecified atom stereocenters. The number of benzene rings is 1. The predicted octanol–water partition coefficient (Wildman–Crippen LogP) is 2.57. The van der Waals surface area contributed by atoms with Gasteiger partial charge in [-0.3, -0.25) is 4.79 Å². The van der Waals surface area contributed by atoms with Crippen LogP contribution in [0.25, 0.3) is 0 Å². The predicted molar refractivity (Wildman–Crippen MR) is 74.1 cm³/mol. The van der Waals surface area contributed by atoms with Gasteiger partial charge in [0.15, 0.2) is 0 Å². The lowest BCUT2D eigenvalue weighted by Gasteiger charge is -2.17. The number of hydrogen-bond acceptors (Lipinski definition) is 3. The number of amides is 1. The van der Waals surface area contributed by atoms with Gasteiger partial charge in [-0.25, -0.2) is 0 Å². The Bertz CT molecular complexity index is 409. The van der Waals surface area contributed by atoms with Crippen molar-refractivity contribution in [2.45, 2.75) is 6.42 Å². The average Bonchev–Trinajstić information content (AvgIpc) is 2.38. The van der Waals surface area contributed by atoms with Crippen LogP contribution in [-0.4, -0.2) is 45.2 Å². The van der Waals surface area contributed by atoms with Crippen LogP contribution < -0.4 is 4.74 Å². The standard InChI is InChI=1S/C13H18BrNO3/c1-15(7-4-8-17-2)13(16)10-5-6-12(18-3)11(14)9-10/h5-6,9H,4,7-8H2,1-3H3. The van der Waals surface area contributed by atoms with E-state index in [9.17, 15) is 4.79 Å². The van der Waals surface area contributed by atoms with Crippen molar-refractivity contribution < 1.29 is 14.3 Å². The molecule has 0 atom stereocenters. The highest BCUT2D eigenvalue weighted by Crippen LogP contribution is 2.25. The van der Waals surface area contributed by atoms with Crippen LogP contribution in [0.2, 0.25) is 0 Å². The minimum atomic E-state index is -0.00513. The lowest BCUT2D eigenvalue weighted by Crippen LogP contribution is -2.28. The van der Waals surface area contributed by atoms with E-state index in [0.29, 0.717) is 24.5 Å². The number of nitrogens with zero attached hydrogens (tertiary/aromatic N) is 1.